The Hall–Kier alpha value is -1.62. The summed E-state index contributed by atoms with van der Waals surface area (Å²) in [4.78, 5) is 37.1. The zero-order valence-electron chi connectivity index (χ0n) is 18.4. The standard InChI is InChI=1S/C22H24ClNO5.Na.H/c1-28-22(27)16-29-13-3-2-12-24-19(8-5-9-21(24)26)10-11-20(25)15-17-6-4-7-18(23)14-17;;/h4,6-7,10-11,14,19H,5,8-9,12-13,15-16H2,1H3;;/q;+1;-1/t19-;;/m1../s1. The first-order valence-electron chi connectivity index (χ1n) is 9.35. The van der Waals surface area contributed by atoms with Gasteiger partial charge < -0.3 is 15.8 Å². The SMILES string of the molecule is COC(=O)COCC#CCN1C(=O)CCC[C@@H]1C=CC(=O)Cc1cccc(Cl)c1.[H-].[Na+]. The molecule has 1 atom stereocenters. The summed E-state index contributed by atoms with van der Waals surface area (Å²) in [7, 11) is 1.28. The summed E-state index contributed by atoms with van der Waals surface area (Å²) < 4.78 is 9.52. The van der Waals surface area contributed by atoms with Gasteiger partial charge in [0, 0.05) is 17.9 Å². The number of nitrogens with zero attached hydrogens (tertiary/aromatic N) is 1. The molecular weight excluding hydrogens is 417 g/mol. The van der Waals surface area contributed by atoms with Gasteiger partial charge in [-0.2, -0.15) is 0 Å². The van der Waals surface area contributed by atoms with Gasteiger partial charge in [0.15, 0.2) is 5.78 Å². The summed E-state index contributed by atoms with van der Waals surface area (Å²) in [5.41, 5.74) is 0.849. The van der Waals surface area contributed by atoms with E-state index < -0.39 is 5.97 Å². The maximum Gasteiger partial charge on any atom is 1.00 e. The number of carbonyl (C=O) groups is 3. The molecule has 0 N–H and O–H groups in total. The average molecular weight is 442 g/mol. The van der Waals surface area contributed by atoms with Crippen LogP contribution in [0.2, 0.25) is 5.02 Å². The van der Waals surface area contributed by atoms with Crippen LogP contribution in [-0.2, 0) is 30.3 Å². The molecule has 1 aromatic carbocycles. The minimum absolute atomic E-state index is 0. The Balaban J connectivity index is 0.00000450. The minimum atomic E-state index is -0.467. The Kier molecular flexibility index (Phi) is 12.7. The van der Waals surface area contributed by atoms with Crippen molar-refractivity contribution in [2.24, 2.45) is 0 Å². The molecule has 0 saturated carbocycles. The van der Waals surface area contributed by atoms with Crippen molar-refractivity contribution in [3.05, 3.63) is 47.0 Å². The van der Waals surface area contributed by atoms with Gasteiger partial charge in [0.1, 0.15) is 13.2 Å². The van der Waals surface area contributed by atoms with Gasteiger partial charge in [-0.05, 0) is 36.6 Å². The van der Waals surface area contributed by atoms with Crippen LogP contribution in [0.5, 0.6) is 0 Å². The van der Waals surface area contributed by atoms with E-state index in [1.54, 1.807) is 23.1 Å². The molecule has 0 spiro atoms. The zero-order valence-corrected chi connectivity index (χ0v) is 20.1. The number of carbonyl (C=O) groups excluding carboxylic acids is 3. The van der Waals surface area contributed by atoms with E-state index >= 15 is 0 Å². The largest absolute Gasteiger partial charge is 1.00 e. The fraction of sp³-hybridized carbons (Fsp3) is 0.409. The number of allylic oxidation sites excluding steroid dienone is 1. The third-order valence-corrected chi connectivity index (χ3v) is 4.61. The number of hydrogen-bond acceptors (Lipinski definition) is 5. The van der Waals surface area contributed by atoms with E-state index in [1.807, 2.05) is 12.1 Å². The number of piperidine rings is 1. The van der Waals surface area contributed by atoms with E-state index in [-0.39, 0.29) is 74.9 Å². The smallest absolute Gasteiger partial charge is 1.00 e. The topological polar surface area (TPSA) is 72.9 Å². The van der Waals surface area contributed by atoms with Gasteiger partial charge in [-0.3, -0.25) is 9.59 Å². The van der Waals surface area contributed by atoms with Crippen LogP contribution in [-0.4, -0.2) is 55.5 Å². The second kappa shape index (κ2) is 14.4. The van der Waals surface area contributed by atoms with Gasteiger partial charge in [0.05, 0.1) is 19.7 Å². The molecule has 0 unspecified atom stereocenters. The first-order valence-corrected chi connectivity index (χ1v) is 9.72. The van der Waals surface area contributed by atoms with Gasteiger partial charge >= 0.3 is 35.5 Å². The van der Waals surface area contributed by atoms with Crippen LogP contribution in [0.3, 0.4) is 0 Å². The number of ether oxygens (including phenoxy) is 2. The third-order valence-electron chi connectivity index (χ3n) is 4.38. The molecule has 2 rings (SSSR count). The average Bonchev–Trinajstić information content (AvgIpc) is 2.70. The Morgan fingerprint density at radius 1 is 1.37 bits per heavy atom. The van der Waals surface area contributed by atoms with E-state index in [9.17, 15) is 14.4 Å². The number of benzene rings is 1. The van der Waals surface area contributed by atoms with E-state index in [1.165, 1.54) is 13.2 Å². The molecule has 30 heavy (non-hydrogen) atoms. The van der Waals surface area contributed by atoms with E-state index in [2.05, 4.69) is 16.6 Å². The van der Waals surface area contributed by atoms with Crippen molar-refractivity contribution in [2.45, 2.75) is 31.7 Å². The third kappa shape index (κ3) is 9.46. The molecule has 1 fully saturated rings. The molecule has 1 aliphatic heterocycles. The van der Waals surface area contributed by atoms with Crippen molar-refractivity contribution >= 4 is 29.3 Å². The number of likely N-dealkylation sites (tertiary alicyclic amines) is 1. The van der Waals surface area contributed by atoms with Crippen molar-refractivity contribution in [2.75, 3.05) is 26.9 Å². The maximum atomic E-state index is 12.3. The summed E-state index contributed by atoms with van der Waals surface area (Å²) in [6.07, 6.45) is 5.61. The van der Waals surface area contributed by atoms with Crippen LogP contribution >= 0.6 is 11.6 Å². The molecule has 0 bridgehead atoms. The van der Waals surface area contributed by atoms with Crippen molar-refractivity contribution in [3.63, 3.8) is 0 Å². The van der Waals surface area contributed by atoms with Crippen LogP contribution in [0.1, 0.15) is 26.3 Å². The van der Waals surface area contributed by atoms with Gasteiger partial charge in [-0.25, -0.2) is 4.79 Å². The quantitative estimate of drug-likeness (QED) is 0.182. The van der Waals surface area contributed by atoms with Gasteiger partial charge in [0.25, 0.3) is 0 Å². The van der Waals surface area contributed by atoms with Gasteiger partial charge in [-0.1, -0.05) is 41.7 Å². The second-order valence-corrected chi connectivity index (χ2v) is 6.97. The fourth-order valence-corrected chi connectivity index (χ4v) is 3.13. The second-order valence-electron chi connectivity index (χ2n) is 6.54. The molecule has 1 aromatic rings. The minimum Gasteiger partial charge on any atom is -1.00 e. The van der Waals surface area contributed by atoms with Gasteiger partial charge in [0.2, 0.25) is 5.91 Å². The van der Waals surface area contributed by atoms with Crippen LogP contribution in [0.4, 0.5) is 0 Å². The van der Waals surface area contributed by atoms with Gasteiger partial charge in [-0.15, -0.1) is 0 Å². The molecule has 1 saturated heterocycles. The predicted molar refractivity (Wildman–Crippen MR) is 110 cm³/mol. The monoisotopic (exact) mass is 441 g/mol. The number of ketones is 1. The molecule has 1 aliphatic rings. The molecule has 0 aliphatic carbocycles. The van der Waals surface area contributed by atoms with Crippen LogP contribution in [0.25, 0.3) is 0 Å². The molecule has 0 aromatic heterocycles. The molecule has 1 heterocycles. The normalized spacial score (nSPS) is 15.9. The molecule has 8 heteroatoms. The number of hydrogen-bond donors (Lipinski definition) is 0. The Morgan fingerprint density at radius 3 is 2.90 bits per heavy atom. The number of halogens is 1. The number of esters is 1. The first kappa shape index (κ1) is 26.4. The van der Waals surface area contributed by atoms with Crippen molar-refractivity contribution in [1.82, 2.24) is 4.90 Å². The summed E-state index contributed by atoms with van der Waals surface area (Å²) in [5.74, 6) is 5.16. The van der Waals surface area contributed by atoms with E-state index in [0.717, 1.165) is 18.4 Å². The molecule has 6 nitrogen and oxygen atoms in total. The van der Waals surface area contributed by atoms with Crippen molar-refractivity contribution in [3.8, 4) is 11.8 Å². The van der Waals surface area contributed by atoms with E-state index in [4.69, 9.17) is 16.3 Å². The number of methoxy groups -OCH3 is 1. The van der Waals surface area contributed by atoms with Crippen LogP contribution in [0.15, 0.2) is 36.4 Å². The molecule has 156 valence electrons. The molecule has 0 radical (unpaired) electrons. The summed E-state index contributed by atoms with van der Waals surface area (Å²) in [6.45, 7) is 0.168. The first-order chi connectivity index (χ1) is 14.0. The number of rotatable bonds is 8. The van der Waals surface area contributed by atoms with Crippen molar-refractivity contribution in [1.29, 1.82) is 0 Å². The maximum absolute atomic E-state index is 12.3. The summed E-state index contributed by atoms with van der Waals surface area (Å²) >= 11 is 5.95. The Labute approximate surface area is 205 Å². The van der Waals surface area contributed by atoms with Crippen molar-refractivity contribution < 1.29 is 54.8 Å². The fourth-order valence-electron chi connectivity index (χ4n) is 2.91. The summed E-state index contributed by atoms with van der Waals surface area (Å²) in [5, 5.41) is 0.595. The number of amides is 1. The van der Waals surface area contributed by atoms with Crippen LogP contribution < -0.4 is 29.6 Å². The predicted octanol–water partition coefficient (Wildman–Crippen LogP) is -0.302. The summed E-state index contributed by atoms with van der Waals surface area (Å²) in [6, 6.07) is 7.03. The Bertz CT molecular complexity index is 837. The molecular formula is C22H25ClNNaO5. The Morgan fingerprint density at radius 2 is 2.17 bits per heavy atom. The van der Waals surface area contributed by atoms with Crippen LogP contribution in [0, 0.1) is 11.8 Å². The molecule has 1 amide bonds. The van der Waals surface area contributed by atoms with E-state index in [0.29, 0.717) is 11.4 Å². The zero-order chi connectivity index (χ0) is 21.1.